The first-order chi connectivity index (χ1) is 9.72. The molecule has 98 valence electrons. The second kappa shape index (κ2) is 5.01. The largest absolute Gasteiger partial charge is 0.397 e. The molecule has 1 aromatic heterocycles. The predicted octanol–water partition coefficient (Wildman–Crippen LogP) is 3.07. The van der Waals surface area contributed by atoms with Crippen LogP contribution < -0.4 is 11.1 Å². The third-order valence-corrected chi connectivity index (χ3v) is 3.03. The van der Waals surface area contributed by atoms with E-state index < -0.39 is 0 Å². The number of nitrogens with zero attached hydrogens (tertiary/aromatic N) is 1. The maximum Gasteiger partial charge on any atom is 0.257 e. The zero-order chi connectivity index (χ0) is 13.9. The zero-order valence-corrected chi connectivity index (χ0v) is 10.7. The van der Waals surface area contributed by atoms with Gasteiger partial charge in [-0.2, -0.15) is 0 Å². The van der Waals surface area contributed by atoms with E-state index >= 15 is 0 Å². The molecule has 0 atom stereocenters. The lowest BCUT2D eigenvalue weighted by molar-refractivity contribution is 0.102. The van der Waals surface area contributed by atoms with Gasteiger partial charge in [-0.1, -0.05) is 30.3 Å². The van der Waals surface area contributed by atoms with Gasteiger partial charge >= 0.3 is 0 Å². The monoisotopic (exact) mass is 263 g/mol. The van der Waals surface area contributed by atoms with Crippen LogP contribution in [0.5, 0.6) is 0 Å². The predicted molar refractivity (Wildman–Crippen MR) is 80.6 cm³/mol. The minimum Gasteiger partial charge on any atom is -0.397 e. The Morgan fingerprint density at radius 1 is 1.00 bits per heavy atom. The summed E-state index contributed by atoms with van der Waals surface area (Å²) < 4.78 is 0. The molecule has 4 heteroatoms. The maximum absolute atomic E-state index is 12.1. The van der Waals surface area contributed by atoms with E-state index in [1.54, 1.807) is 6.07 Å². The van der Waals surface area contributed by atoms with Crippen molar-refractivity contribution in [2.75, 3.05) is 11.1 Å². The lowest BCUT2D eigenvalue weighted by atomic mass is 10.1. The smallest absolute Gasteiger partial charge is 0.257 e. The van der Waals surface area contributed by atoms with Crippen LogP contribution in [0.2, 0.25) is 0 Å². The first kappa shape index (κ1) is 12.2. The van der Waals surface area contributed by atoms with Crippen LogP contribution in [0.1, 0.15) is 10.4 Å². The number of benzene rings is 2. The summed E-state index contributed by atoms with van der Waals surface area (Å²) in [6.07, 6.45) is 3.00. The van der Waals surface area contributed by atoms with Gasteiger partial charge in [0, 0.05) is 18.1 Å². The number of fused-ring (bicyclic) bond motifs is 1. The SMILES string of the molecule is Nc1cncc(C(=O)Nc2ccc3ccccc3c2)c1. The fraction of sp³-hybridized carbons (Fsp3) is 0. The minimum absolute atomic E-state index is 0.222. The fourth-order valence-electron chi connectivity index (χ4n) is 2.05. The molecule has 3 rings (SSSR count). The normalized spacial score (nSPS) is 10.4. The summed E-state index contributed by atoms with van der Waals surface area (Å²) in [5, 5.41) is 5.06. The number of nitrogens with one attached hydrogen (secondary N) is 1. The Labute approximate surface area is 116 Å². The van der Waals surface area contributed by atoms with E-state index in [-0.39, 0.29) is 5.91 Å². The molecule has 0 saturated carbocycles. The van der Waals surface area contributed by atoms with Crippen molar-refractivity contribution in [1.29, 1.82) is 0 Å². The molecule has 0 aliphatic heterocycles. The van der Waals surface area contributed by atoms with Crippen LogP contribution in [0.4, 0.5) is 11.4 Å². The van der Waals surface area contributed by atoms with Crippen LogP contribution in [0.25, 0.3) is 10.8 Å². The zero-order valence-electron chi connectivity index (χ0n) is 10.7. The van der Waals surface area contributed by atoms with Crippen LogP contribution in [0.3, 0.4) is 0 Å². The number of aromatic nitrogens is 1. The maximum atomic E-state index is 12.1. The van der Waals surface area contributed by atoms with Gasteiger partial charge in [0.2, 0.25) is 0 Å². The molecule has 3 aromatic rings. The van der Waals surface area contributed by atoms with Gasteiger partial charge in [-0.25, -0.2) is 0 Å². The molecule has 1 amide bonds. The second-order valence-corrected chi connectivity index (χ2v) is 4.52. The van der Waals surface area contributed by atoms with Crippen molar-refractivity contribution in [3.8, 4) is 0 Å². The lowest BCUT2D eigenvalue weighted by Crippen LogP contribution is -2.12. The van der Waals surface area contributed by atoms with Gasteiger partial charge in [-0.15, -0.1) is 0 Å². The molecule has 20 heavy (non-hydrogen) atoms. The van der Waals surface area contributed by atoms with Gasteiger partial charge in [0.25, 0.3) is 5.91 Å². The number of nitrogen functional groups attached to an aromatic ring is 1. The van der Waals surface area contributed by atoms with E-state index in [1.165, 1.54) is 12.4 Å². The fourth-order valence-corrected chi connectivity index (χ4v) is 2.05. The molecular formula is C16H13N3O. The minimum atomic E-state index is -0.222. The summed E-state index contributed by atoms with van der Waals surface area (Å²) in [5.41, 5.74) is 7.28. The molecule has 0 radical (unpaired) electrons. The highest BCUT2D eigenvalue weighted by Crippen LogP contribution is 2.19. The molecule has 0 saturated heterocycles. The second-order valence-electron chi connectivity index (χ2n) is 4.52. The Balaban J connectivity index is 1.87. The summed E-state index contributed by atoms with van der Waals surface area (Å²) >= 11 is 0. The molecular weight excluding hydrogens is 250 g/mol. The highest BCUT2D eigenvalue weighted by molar-refractivity contribution is 6.05. The molecule has 0 aliphatic carbocycles. The first-order valence-electron chi connectivity index (χ1n) is 6.23. The van der Waals surface area contributed by atoms with Crippen molar-refractivity contribution in [3.63, 3.8) is 0 Å². The first-order valence-corrected chi connectivity index (χ1v) is 6.23. The van der Waals surface area contributed by atoms with E-state index in [0.717, 1.165) is 16.5 Å². The Morgan fingerprint density at radius 3 is 2.60 bits per heavy atom. The van der Waals surface area contributed by atoms with E-state index in [9.17, 15) is 4.79 Å². The van der Waals surface area contributed by atoms with Crippen LogP contribution in [-0.4, -0.2) is 10.9 Å². The highest BCUT2D eigenvalue weighted by atomic mass is 16.1. The van der Waals surface area contributed by atoms with Crippen molar-refractivity contribution < 1.29 is 4.79 Å². The van der Waals surface area contributed by atoms with E-state index in [1.807, 2.05) is 42.5 Å². The van der Waals surface area contributed by atoms with Gasteiger partial charge in [0.05, 0.1) is 11.3 Å². The molecule has 0 fully saturated rings. The molecule has 0 aliphatic rings. The molecule has 0 bridgehead atoms. The molecule has 3 N–H and O–H groups in total. The summed E-state index contributed by atoms with van der Waals surface area (Å²) in [6.45, 7) is 0. The van der Waals surface area contributed by atoms with Crippen molar-refractivity contribution in [2.45, 2.75) is 0 Å². The number of hydrogen-bond acceptors (Lipinski definition) is 3. The number of hydrogen-bond donors (Lipinski definition) is 2. The van der Waals surface area contributed by atoms with E-state index in [0.29, 0.717) is 11.3 Å². The standard InChI is InChI=1S/C16H13N3O/c17-14-7-13(9-18-10-14)16(20)19-15-6-5-11-3-1-2-4-12(11)8-15/h1-10H,17H2,(H,19,20). The van der Waals surface area contributed by atoms with E-state index in [2.05, 4.69) is 10.3 Å². The Morgan fingerprint density at radius 2 is 1.80 bits per heavy atom. The topological polar surface area (TPSA) is 68.0 Å². The average Bonchev–Trinajstić information content (AvgIpc) is 2.47. The summed E-state index contributed by atoms with van der Waals surface area (Å²) in [5.74, 6) is -0.222. The number of anilines is 2. The van der Waals surface area contributed by atoms with Crippen molar-refractivity contribution in [3.05, 3.63) is 66.5 Å². The van der Waals surface area contributed by atoms with Crippen LogP contribution in [0, 0.1) is 0 Å². The van der Waals surface area contributed by atoms with Crippen molar-refractivity contribution >= 4 is 28.1 Å². The van der Waals surface area contributed by atoms with Crippen molar-refractivity contribution in [2.24, 2.45) is 0 Å². The van der Waals surface area contributed by atoms with Crippen LogP contribution >= 0.6 is 0 Å². The number of pyridine rings is 1. The van der Waals surface area contributed by atoms with Gasteiger partial charge in [0.1, 0.15) is 0 Å². The Hall–Kier alpha value is -2.88. The van der Waals surface area contributed by atoms with Gasteiger partial charge in [-0.05, 0) is 29.0 Å². The van der Waals surface area contributed by atoms with E-state index in [4.69, 9.17) is 5.73 Å². The summed E-state index contributed by atoms with van der Waals surface area (Å²) in [7, 11) is 0. The molecule has 4 nitrogen and oxygen atoms in total. The Kier molecular flexibility index (Phi) is 3.05. The average molecular weight is 263 g/mol. The van der Waals surface area contributed by atoms with Crippen molar-refractivity contribution in [1.82, 2.24) is 4.98 Å². The molecule has 1 heterocycles. The Bertz CT molecular complexity index is 783. The molecule has 2 aromatic carbocycles. The van der Waals surface area contributed by atoms with Gasteiger partial charge in [-0.3, -0.25) is 9.78 Å². The molecule has 0 unspecified atom stereocenters. The van der Waals surface area contributed by atoms with Crippen LogP contribution in [0.15, 0.2) is 60.9 Å². The number of carbonyl (C=O) groups is 1. The summed E-state index contributed by atoms with van der Waals surface area (Å²) in [4.78, 5) is 16.0. The van der Waals surface area contributed by atoms with Crippen LogP contribution in [-0.2, 0) is 0 Å². The number of nitrogens with two attached hydrogens (primary N) is 1. The van der Waals surface area contributed by atoms with Gasteiger partial charge in [0.15, 0.2) is 0 Å². The summed E-state index contributed by atoms with van der Waals surface area (Å²) in [6, 6.07) is 15.4. The highest BCUT2D eigenvalue weighted by Gasteiger charge is 2.07. The molecule has 0 spiro atoms. The number of carbonyl (C=O) groups excluding carboxylic acids is 1. The van der Waals surface area contributed by atoms with Gasteiger partial charge < -0.3 is 11.1 Å². The third-order valence-electron chi connectivity index (χ3n) is 3.03. The third kappa shape index (κ3) is 2.44. The quantitative estimate of drug-likeness (QED) is 0.746. The lowest BCUT2D eigenvalue weighted by Gasteiger charge is -2.07. The number of amides is 1. The number of rotatable bonds is 2.